The molecule has 0 amide bonds. The van der Waals surface area contributed by atoms with Crippen molar-refractivity contribution in [2.75, 3.05) is 6.54 Å². The van der Waals surface area contributed by atoms with Crippen molar-refractivity contribution >= 4 is 0 Å². The topological polar surface area (TPSA) is 12.0 Å². The number of hydrogen-bond acceptors (Lipinski definition) is 1. The minimum Gasteiger partial charge on any atom is -0.310 e. The number of nitrogens with one attached hydrogen (secondary N) is 1. The lowest BCUT2D eigenvalue weighted by molar-refractivity contribution is 0.217. The molecule has 2 rings (SSSR count). The number of aryl methyl sites for hydroxylation is 2. The summed E-state index contributed by atoms with van der Waals surface area (Å²) in [7, 11) is 0. The summed E-state index contributed by atoms with van der Waals surface area (Å²) >= 11 is 0. The highest BCUT2D eigenvalue weighted by molar-refractivity contribution is 5.32. The van der Waals surface area contributed by atoms with Crippen molar-refractivity contribution in [2.45, 2.75) is 72.8 Å². The van der Waals surface area contributed by atoms with E-state index < -0.39 is 0 Å². The SMILES string of the molecule is Cc1ccc(C(C)NCC2(CC(C)C)CCCC2)c(C)c1. The third-order valence-electron chi connectivity index (χ3n) is 5.18. The summed E-state index contributed by atoms with van der Waals surface area (Å²) in [4.78, 5) is 0. The summed E-state index contributed by atoms with van der Waals surface area (Å²) in [5, 5.41) is 3.85. The molecule has 1 fully saturated rings. The van der Waals surface area contributed by atoms with Gasteiger partial charge in [-0.05, 0) is 62.5 Å². The molecule has 1 saturated carbocycles. The standard InChI is InChI=1S/C20H33N/c1-15(2)13-20(10-6-7-11-20)14-21-18(5)19-9-8-16(3)12-17(19)4/h8-9,12,15,18,21H,6-7,10-11,13-14H2,1-5H3. The molecule has 1 aliphatic carbocycles. The normalized spacial score (nSPS) is 19.1. The highest BCUT2D eigenvalue weighted by Crippen LogP contribution is 2.43. The predicted molar refractivity (Wildman–Crippen MR) is 92.7 cm³/mol. The zero-order chi connectivity index (χ0) is 15.5. The summed E-state index contributed by atoms with van der Waals surface area (Å²) in [6.07, 6.45) is 7.05. The second-order valence-electron chi connectivity index (χ2n) is 7.77. The monoisotopic (exact) mass is 287 g/mol. The summed E-state index contributed by atoms with van der Waals surface area (Å²) in [5.74, 6) is 0.807. The second kappa shape index (κ2) is 6.96. The molecular weight excluding hydrogens is 254 g/mol. The highest BCUT2D eigenvalue weighted by Gasteiger charge is 2.34. The number of hydrogen-bond donors (Lipinski definition) is 1. The van der Waals surface area contributed by atoms with Crippen molar-refractivity contribution in [2.24, 2.45) is 11.3 Å². The predicted octanol–water partition coefficient (Wildman–Crippen LogP) is 5.56. The lowest BCUT2D eigenvalue weighted by atomic mass is 9.78. The maximum Gasteiger partial charge on any atom is 0.0294 e. The van der Waals surface area contributed by atoms with Gasteiger partial charge in [0.2, 0.25) is 0 Å². The minimum absolute atomic E-state index is 0.454. The molecule has 1 aliphatic rings. The van der Waals surface area contributed by atoms with Gasteiger partial charge in [0.05, 0.1) is 0 Å². The molecule has 0 bridgehead atoms. The molecule has 0 aliphatic heterocycles. The Morgan fingerprint density at radius 2 is 1.76 bits per heavy atom. The maximum atomic E-state index is 3.85. The molecule has 1 heteroatoms. The molecule has 1 N–H and O–H groups in total. The summed E-state index contributed by atoms with van der Waals surface area (Å²) in [5.41, 5.74) is 4.79. The van der Waals surface area contributed by atoms with Crippen LogP contribution in [0.25, 0.3) is 0 Å². The van der Waals surface area contributed by atoms with E-state index in [-0.39, 0.29) is 0 Å². The zero-order valence-electron chi connectivity index (χ0n) is 14.6. The minimum atomic E-state index is 0.454. The fraction of sp³-hybridized carbons (Fsp3) is 0.700. The van der Waals surface area contributed by atoms with Crippen LogP contribution in [0.1, 0.15) is 75.6 Å². The van der Waals surface area contributed by atoms with Gasteiger partial charge in [0.1, 0.15) is 0 Å². The molecule has 0 saturated heterocycles. The fourth-order valence-electron chi connectivity index (χ4n) is 4.24. The Hall–Kier alpha value is -0.820. The van der Waals surface area contributed by atoms with Gasteiger partial charge in [-0.2, -0.15) is 0 Å². The van der Waals surface area contributed by atoms with E-state index in [9.17, 15) is 0 Å². The zero-order valence-corrected chi connectivity index (χ0v) is 14.6. The van der Waals surface area contributed by atoms with E-state index in [1.54, 1.807) is 0 Å². The quantitative estimate of drug-likeness (QED) is 0.722. The Balaban J connectivity index is 2.00. The summed E-state index contributed by atoms with van der Waals surface area (Å²) < 4.78 is 0. The van der Waals surface area contributed by atoms with Gasteiger partial charge in [-0.3, -0.25) is 0 Å². The van der Waals surface area contributed by atoms with Crippen LogP contribution < -0.4 is 5.32 Å². The van der Waals surface area contributed by atoms with E-state index in [1.807, 2.05) is 0 Å². The van der Waals surface area contributed by atoms with Crippen LogP contribution in [0.15, 0.2) is 18.2 Å². The van der Waals surface area contributed by atoms with E-state index in [4.69, 9.17) is 0 Å². The van der Waals surface area contributed by atoms with Crippen molar-refractivity contribution in [1.82, 2.24) is 5.32 Å². The van der Waals surface area contributed by atoms with E-state index >= 15 is 0 Å². The van der Waals surface area contributed by atoms with Crippen LogP contribution in [0, 0.1) is 25.2 Å². The molecule has 0 aromatic heterocycles. The van der Waals surface area contributed by atoms with Gasteiger partial charge < -0.3 is 5.32 Å². The lowest BCUT2D eigenvalue weighted by Crippen LogP contribution is -2.35. The first-order valence-corrected chi connectivity index (χ1v) is 8.72. The van der Waals surface area contributed by atoms with Crippen molar-refractivity contribution in [3.8, 4) is 0 Å². The van der Waals surface area contributed by atoms with Crippen molar-refractivity contribution in [3.63, 3.8) is 0 Å². The van der Waals surface area contributed by atoms with Crippen LogP contribution in [-0.4, -0.2) is 6.54 Å². The first-order chi connectivity index (χ1) is 9.92. The number of rotatable bonds is 6. The van der Waals surface area contributed by atoms with Gasteiger partial charge in [0.15, 0.2) is 0 Å². The Morgan fingerprint density at radius 1 is 1.10 bits per heavy atom. The summed E-state index contributed by atoms with van der Waals surface area (Å²) in [6.45, 7) is 12.6. The van der Waals surface area contributed by atoms with Gasteiger partial charge in [0, 0.05) is 12.6 Å². The van der Waals surface area contributed by atoms with Gasteiger partial charge in [-0.1, -0.05) is 50.5 Å². The van der Waals surface area contributed by atoms with Gasteiger partial charge >= 0.3 is 0 Å². The molecule has 21 heavy (non-hydrogen) atoms. The largest absolute Gasteiger partial charge is 0.310 e. The fourth-order valence-corrected chi connectivity index (χ4v) is 4.24. The number of benzene rings is 1. The lowest BCUT2D eigenvalue weighted by Gasteiger charge is -2.33. The molecule has 1 atom stereocenters. The van der Waals surface area contributed by atoms with Crippen LogP contribution in [0.4, 0.5) is 0 Å². The van der Waals surface area contributed by atoms with Gasteiger partial charge in [-0.25, -0.2) is 0 Å². The third kappa shape index (κ3) is 4.32. The Morgan fingerprint density at radius 3 is 2.33 bits per heavy atom. The van der Waals surface area contributed by atoms with Crippen molar-refractivity contribution in [1.29, 1.82) is 0 Å². The smallest absolute Gasteiger partial charge is 0.0294 e. The summed E-state index contributed by atoms with van der Waals surface area (Å²) in [6, 6.07) is 7.29. The van der Waals surface area contributed by atoms with Crippen LogP contribution >= 0.6 is 0 Å². The van der Waals surface area contributed by atoms with Crippen LogP contribution in [0.3, 0.4) is 0 Å². The highest BCUT2D eigenvalue weighted by atomic mass is 14.9. The molecule has 0 spiro atoms. The Labute approximate surface area is 131 Å². The second-order valence-corrected chi connectivity index (χ2v) is 7.77. The van der Waals surface area contributed by atoms with Crippen molar-refractivity contribution in [3.05, 3.63) is 34.9 Å². The van der Waals surface area contributed by atoms with Crippen molar-refractivity contribution < 1.29 is 0 Å². The molecule has 0 heterocycles. The molecule has 1 aromatic carbocycles. The molecule has 1 aromatic rings. The maximum absolute atomic E-state index is 3.85. The Bertz CT molecular complexity index is 455. The first kappa shape index (κ1) is 16.5. The van der Waals surface area contributed by atoms with Gasteiger partial charge in [0.25, 0.3) is 0 Å². The molecule has 118 valence electrons. The van der Waals surface area contributed by atoms with E-state index in [0.29, 0.717) is 11.5 Å². The van der Waals surface area contributed by atoms with E-state index in [1.165, 1.54) is 55.3 Å². The molecule has 1 nitrogen and oxygen atoms in total. The van der Waals surface area contributed by atoms with Gasteiger partial charge in [-0.15, -0.1) is 0 Å². The Kier molecular flexibility index (Phi) is 5.48. The van der Waals surface area contributed by atoms with E-state index in [2.05, 4.69) is 58.1 Å². The van der Waals surface area contributed by atoms with Crippen LogP contribution in [-0.2, 0) is 0 Å². The molecule has 1 unspecified atom stereocenters. The average molecular weight is 287 g/mol. The third-order valence-corrected chi connectivity index (χ3v) is 5.18. The average Bonchev–Trinajstić information content (AvgIpc) is 2.84. The molecular formula is C20H33N. The first-order valence-electron chi connectivity index (χ1n) is 8.72. The molecule has 0 radical (unpaired) electrons. The van der Waals surface area contributed by atoms with Crippen LogP contribution in [0.2, 0.25) is 0 Å². The van der Waals surface area contributed by atoms with Crippen LogP contribution in [0.5, 0.6) is 0 Å². The van der Waals surface area contributed by atoms with E-state index in [0.717, 1.165) is 5.92 Å².